The number of ether oxygens (including phenoxy) is 1. The fourth-order valence-electron chi connectivity index (χ4n) is 3.81. The lowest BCUT2D eigenvalue weighted by atomic mass is 9.87. The molecular weight excluding hydrogens is 733 g/mol. The van der Waals surface area contributed by atoms with Crippen LogP contribution in [0.15, 0.2) is 72.9 Å². The Morgan fingerprint density at radius 3 is 1.61 bits per heavy atom. The summed E-state index contributed by atoms with van der Waals surface area (Å²) in [7, 11) is 4.89. The Bertz CT molecular complexity index is 997. The predicted octanol–water partition coefficient (Wildman–Crippen LogP) is 7.60. The first kappa shape index (κ1) is 44.2. The van der Waals surface area contributed by atoms with E-state index in [9.17, 15) is 14.4 Å². The summed E-state index contributed by atoms with van der Waals surface area (Å²) in [5.41, 5.74) is -0.491. The largest absolute Gasteiger partial charge is 0.384 e. The summed E-state index contributed by atoms with van der Waals surface area (Å²) in [4.78, 5) is 36.4. The molecule has 0 unspecified atom stereocenters. The van der Waals surface area contributed by atoms with Gasteiger partial charge in [-0.1, -0.05) is 115 Å². The molecule has 0 aromatic heterocycles. The van der Waals surface area contributed by atoms with Gasteiger partial charge in [-0.05, 0) is 38.5 Å². The first-order valence-electron chi connectivity index (χ1n) is 16.0. The molecule has 0 saturated heterocycles. The average Bonchev–Trinajstić information content (AvgIpc) is 3.01. The zero-order valence-electron chi connectivity index (χ0n) is 28.1. The Hall–Kier alpha value is -1.80. The molecule has 0 bridgehead atoms. The van der Waals surface area contributed by atoms with Crippen LogP contribution in [0.3, 0.4) is 0 Å². The predicted molar refractivity (Wildman–Crippen MR) is 206 cm³/mol. The maximum Gasteiger partial charge on any atom is 0.250 e. The van der Waals surface area contributed by atoms with Gasteiger partial charge in [0.25, 0.3) is 5.91 Å². The quantitative estimate of drug-likeness (QED) is 0.0325. The van der Waals surface area contributed by atoms with Gasteiger partial charge in [0, 0.05) is 56.5 Å². The van der Waals surface area contributed by atoms with E-state index in [-0.39, 0.29) is 30.7 Å². The van der Waals surface area contributed by atoms with E-state index in [1.165, 1.54) is 0 Å². The SMILES string of the molecule is CC/C=C\C/C=C\C/C=C\C/C=C\C/C=C\C/C=C\CC(=O)NCCSSCCNC(=O)CCNC(=O)[C@H](OI)C(C)(C)COC. The molecule has 8 nitrogen and oxygen atoms in total. The van der Waals surface area contributed by atoms with Gasteiger partial charge in [0.2, 0.25) is 11.8 Å². The van der Waals surface area contributed by atoms with E-state index < -0.39 is 11.5 Å². The summed E-state index contributed by atoms with van der Waals surface area (Å²) in [5, 5.41) is 8.54. The molecule has 3 N–H and O–H groups in total. The number of nitrogens with one attached hydrogen (secondary N) is 3. The third kappa shape index (κ3) is 27.3. The molecule has 0 saturated carbocycles. The Morgan fingerprint density at radius 1 is 0.696 bits per heavy atom. The van der Waals surface area contributed by atoms with Crippen molar-refractivity contribution in [2.24, 2.45) is 5.41 Å². The Labute approximate surface area is 300 Å². The molecule has 11 heteroatoms. The minimum absolute atomic E-state index is 0.0172. The van der Waals surface area contributed by atoms with Crippen molar-refractivity contribution in [2.45, 2.75) is 78.2 Å². The van der Waals surface area contributed by atoms with Crippen molar-refractivity contribution >= 4 is 62.3 Å². The van der Waals surface area contributed by atoms with Crippen LogP contribution in [0.1, 0.15) is 72.1 Å². The maximum atomic E-state index is 12.4. The minimum Gasteiger partial charge on any atom is -0.384 e. The number of rotatable bonds is 28. The van der Waals surface area contributed by atoms with Crippen LogP contribution < -0.4 is 16.0 Å². The summed E-state index contributed by atoms with van der Waals surface area (Å²) in [6, 6.07) is 0. The van der Waals surface area contributed by atoms with Crippen LogP contribution in [0.5, 0.6) is 0 Å². The topological polar surface area (TPSA) is 106 Å². The lowest BCUT2D eigenvalue weighted by Gasteiger charge is -2.30. The first-order chi connectivity index (χ1) is 22.3. The molecule has 0 rings (SSSR count). The van der Waals surface area contributed by atoms with Gasteiger partial charge in [-0.2, -0.15) is 0 Å². The number of halogens is 1. The fraction of sp³-hybridized carbons (Fsp3) is 0.571. The second-order valence-corrected chi connectivity index (χ2v) is 14.1. The molecule has 0 aromatic rings. The van der Waals surface area contributed by atoms with Gasteiger partial charge in [0.15, 0.2) is 6.10 Å². The van der Waals surface area contributed by atoms with Gasteiger partial charge in [-0.25, -0.2) is 0 Å². The highest BCUT2D eigenvalue weighted by Gasteiger charge is 2.36. The van der Waals surface area contributed by atoms with Crippen LogP contribution >= 0.6 is 44.6 Å². The van der Waals surface area contributed by atoms with E-state index in [0.717, 1.165) is 50.0 Å². The highest BCUT2D eigenvalue weighted by molar-refractivity contribution is 14.1. The molecule has 0 aliphatic carbocycles. The zero-order valence-corrected chi connectivity index (χ0v) is 31.9. The van der Waals surface area contributed by atoms with Crippen LogP contribution in [-0.4, -0.2) is 68.7 Å². The van der Waals surface area contributed by atoms with Crippen molar-refractivity contribution in [1.29, 1.82) is 0 Å². The molecular formula is C35H56IN3O5S2. The van der Waals surface area contributed by atoms with Gasteiger partial charge < -0.3 is 23.8 Å². The van der Waals surface area contributed by atoms with Crippen molar-refractivity contribution in [2.75, 3.05) is 44.9 Å². The second kappa shape index (κ2) is 31.8. The number of allylic oxidation sites excluding steroid dienone is 11. The molecule has 0 spiro atoms. The lowest BCUT2D eigenvalue weighted by molar-refractivity contribution is -0.133. The molecule has 0 aliphatic heterocycles. The second-order valence-electron chi connectivity index (χ2n) is 10.9. The third-order valence-electron chi connectivity index (χ3n) is 6.20. The molecule has 1 atom stereocenters. The maximum absolute atomic E-state index is 12.4. The summed E-state index contributed by atoms with van der Waals surface area (Å²) in [6.45, 7) is 7.69. The molecule has 0 radical (unpaired) electrons. The van der Waals surface area contributed by atoms with E-state index >= 15 is 0 Å². The summed E-state index contributed by atoms with van der Waals surface area (Å²) < 4.78 is 10.5. The van der Waals surface area contributed by atoms with E-state index in [2.05, 4.69) is 83.6 Å². The highest BCUT2D eigenvalue weighted by atomic mass is 127. The van der Waals surface area contributed by atoms with Gasteiger partial charge in [-0.3, -0.25) is 14.4 Å². The number of hydrogen-bond acceptors (Lipinski definition) is 7. The van der Waals surface area contributed by atoms with E-state index in [4.69, 9.17) is 7.80 Å². The normalized spacial score (nSPS) is 13.2. The third-order valence-corrected chi connectivity index (χ3v) is 9.12. The molecule has 3 amide bonds. The Balaban J connectivity index is 3.72. The van der Waals surface area contributed by atoms with Crippen LogP contribution in [0.2, 0.25) is 0 Å². The minimum atomic E-state index is -0.675. The van der Waals surface area contributed by atoms with Gasteiger partial charge in [0.05, 0.1) is 6.61 Å². The Morgan fingerprint density at radius 2 is 1.15 bits per heavy atom. The van der Waals surface area contributed by atoms with Crippen molar-refractivity contribution in [3.05, 3.63) is 72.9 Å². The fourth-order valence-corrected chi connectivity index (χ4v) is 6.54. The smallest absolute Gasteiger partial charge is 0.250 e. The van der Waals surface area contributed by atoms with Crippen molar-refractivity contribution < 1.29 is 22.2 Å². The molecule has 0 heterocycles. The van der Waals surface area contributed by atoms with Gasteiger partial charge in [0.1, 0.15) is 23.0 Å². The molecule has 0 fully saturated rings. The van der Waals surface area contributed by atoms with Crippen LogP contribution in [0, 0.1) is 5.41 Å². The molecule has 260 valence electrons. The van der Waals surface area contributed by atoms with Crippen molar-refractivity contribution in [3.63, 3.8) is 0 Å². The lowest BCUT2D eigenvalue weighted by Crippen LogP contribution is -2.46. The van der Waals surface area contributed by atoms with Crippen molar-refractivity contribution in [1.82, 2.24) is 16.0 Å². The van der Waals surface area contributed by atoms with Gasteiger partial charge >= 0.3 is 0 Å². The highest BCUT2D eigenvalue weighted by Crippen LogP contribution is 2.25. The zero-order chi connectivity index (χ0) is 34.1. The molecule has 0 aromatic carbocycles. The van der Waals surface area contributed by atoms with Gasteiger partial charge in [-0.15, -0.1) is 0 Å². The number of methoxy groups -OCH3 is 1. The summed E-state index contributed by atoms with van der Waals surface area (Å²) >= 11 is 1.72. The van der Waals surface area contributed by atoms with E-state index in [1.54, 1.807) is 51.7 Å². The van der Waals surface area contributed by atoms with Crippen LogP contribution in [-0.2, 0) is 22.2 Å². The van der Waals surface area contributed by atoms with E-state index in [0.29, 0.717) is 26.1 Å². The van der Waals surface area contributed by atoms with E-state index in [1.807, 2.05) is 26.0 Å². The number of amides is 3. The number of carbonyl (C=O) groups excluding carboxylic acids is 3. The van der Waals surface area contributed by atoms with Crippen LogP contribution in [0.25, 0.3) is 0 Å². The first-order valence-corrected chi connectivity index (χ1v) is 19.4. The molecule has 46 heavy (non-hydrogen) atoms. The number of hydrogen-bond donors (Lipinski definition) is 3. The Kier molecular flexibility index (Phi) is 30.5. The van der Waals surface area contributed by atoms with Crippen LogP contribution in [0.4, 0.5) is 0 Å². The summed E-state index contributed by atoms with van der Waals surface area (Å²) in [6.07, 6.45) is 31.4. The average molecular weight is 790 g/mol. The standard InChI is InChI=1S/C35H56IN3O5S2/c1-5-6-7-8-9-10-11-12-13-14-15-16-17-18-19-20-21-22-23-31(40)37-26-28-45-46-29-27-38-32(41)24-25-39-34(42)33(44-36)35(2,3)30-43-4/h6-7,9-10,12-13,15-16,18-19,21-22,33H,5,8,11,14,17,20,23-30H2,1-4H3,(H,37,40)(H,38,41)(H,39,42)/b7-6-,10-9-,13-12-,16-15-,19-18-,22-21-/t33-/m0/s1. The van der Waals surface area contributed by atoms with Crippen molar-refractivity contribution in [3.8, 4) is 0 Å². The monoisotopic (exact) mass is 789 g/mol. The number of carbonyl (C=O) groups is 3. The molecule has 0 aliphatic rings. The summed E-state index contributed by atoms with van der Waals surface area (Å²) in [5.74, 6) is 1.19.